The largest absolute Gasteiger partial charge is 0.493 e. The number of aliphatic hydroxyl groups is 1. The summed E-state index contributed by atoms with van der Waals surface area (Å²) in [7, 11) is 0. The topological polar surface area (TPSA) is 81.3 Å². The van der Waals surface area contributed by atoms with Crippen LogP contribution in [0.4, 0.5) is 13.2 Å². The smallest absolute Gasteiger partial charge is 0.419 e. The number of nitrogens with zero attached hydrogens (tertiary/aromatic N) is 2. The van der Waals surface area contributed by atoms with Crippen molar-refractivity contribution in [2.75, 3.05) is 13.2 Å². The first-order chi connectivity index (χ1) is 15.2. The molecule has 5 nitrogen and oxygen atoms in total. The van der Waals surface area contributed by atoms with Crippen molar-refractivity contribution in [3.63, 3.8) is 0 Å². The van der Waals surface area contributed by atoms with Crippen molar-refractivity contribution in [2.24, 2.45) is 5.73 Å². The number of aromatic nitrogens is 2. The third kappa shape index (κ3) is 6.27. The van der Waals surface area contributed by atoms with E-state index in [-0.39, 0.29) is 24.5 Å². The van der Waals surface area contributed by atoms with Gasteiger partial charge in [-0.25, -0.2) is 0 Å². The van der Waals surface area contributed by atoms with Gasteiger partial charge >= 0.3 is 6.18 Å². The van der Waals surface area contributed by atoms with Crippen LogP contribution in [0.15, 0.2) is 48.5 Å². The molecule has 1 heterocycles. The average Bonchev–Trinajstić information content (AvgIpc) is 3.27. The molecule has 3 rings (SSSR count). The van der Waals surface area contributed by atoms with Crippen LogP contribution >= 0.6 is 11.3 Å². The maximum atomic E-state index is 13.6. The SMILES string of the molecule is C[C@@](N)(CO)c1nnc(-c2ccc(OCCCCCc3ccccc3)c(C(F)(F)F)c2)s1. The Labute approximate surface area is 189 Å². The van der Waals surface area contributed by atoms with Crippen molar-refractivity contribution in [3.8, 4) is 16.3 Å². The first-order valence-corrected chi connectivity index (χ1v) is 11.1. The number of hydrogen-bond acceptors (Lipinski definition) is 6. The first-order valence-electron chi connectivity index (χ1n) is 10.3. The number of hydrogen-bond donors (Lipinski definition) is 2. The van der Waals surface area contributed by atoms with Gasteiger partial charge in [0.15, 0.2) is 0 Å². The number of unbranched alkanes of at least 4 members (excludes halogenated alkanes) is 2. The first kappa shape index (κ1) is 24.2. The highest BCUT2D eigenvalue weighted by molar-refractivity contribution is 7.14. The van der Waals surface area contributed by atoms with Gasteiger partial charge in [-0.05, 0) is 56.4 Å². The maximum absolute atomic E-state index is 13.6. The Balaban J connectivity index is 1.63. The summed E-state index contributed by atoms with van der Waals surface area (Å²) in [5.74, 6) is -0.201. The van der Waals surface area contributed by atoms with E-state index in [9.17, 15) is 18.3 Å². The van der Waals surface area contributed by atoms with E-state index in [0.717, 1.165) is 36.7 Å². The Morgan fingerprint density at radius 2 is 1.78 bits per heavy atom. The van der Waals surface area contributed by atoms with Gasteiger partial charge in [-0.3, -0.25) is 0 Å². The Bertz CT molecular complexity index is 1010. The molecule has 0 spiro atoms. The molecule has 0 aliphatic rings. The normalized spacial score (nSPS) is 13.7. The molecule has 0 saturated carbocycles. The lowest BCUT2D eigenvalue weighted by Gasteiger charge is -2.17. The molecule has 2 aromatic carbocycles. The van der Waals surface area contributed by atoms with Gasteiger partial charge in [-0.2, -0.15) is 13.2 Å². The Hall–Kier alpha value is -2.49. The zero-order valence-electron chi connectivity index (χ0n) is 17.7. The third-order valence-corrected chi connectivity index (χ3v) is 6.24. The molecule has 0 bridgehead atoms. The number of ether oxygens (including phenoxy) is 1. The van der Waals surface area contributed by atoms with Crippen LogP contribution in [-0.2, 0) is 18.1 Å². The minimum absolute atomic E-state index is 0.201. The van der Waals surface area contributed by atoms with E-state index < -0.39 is 17.3 Å². The van der Waals surface area contributed by atoms with E-state index in [1.807, 2.05) is 18.2 Å². The minimum Gasteiger partial charge on any atom is -0.493 e. The van der Waals surface area contributed by atoms with Crippen molar-refractivity contribution in [3.05, 3.63) is 64.7 Å². The lowest BCUT2D eigenvalue weighted by atomic mass is 10.1. The molecule has 0 aliphatic heterocycles. The number of rotatable bonds is 10. The zero-order chi connectivity index (χ0) is 23.2. The maximum Gasteiger partial charge on any atom is 0.419 e. The van der Waals surface area contributed by atoms with Crippen molar-refractivity contribution in [1.82, 2.24) is 10.2 Å². The van der Waals surface area contributed by atoms with Crippen LogP contribution in [0.2, 0.25) is 0 Å². The molecule has 3 N–H and O–H groups in total. The van der Waals surface area contributed by atoms with E-state index in [1.165, 1.54) is 17.7 Å². The second-order valence-corrected chi connectivity index (χ2v) is 8.82. The number of benzene rings is 2. The van der Waals surface area contributed by atoms with Gasteiger partial charge in [0.25, 0.3) is 0 Å². The molecule has 1 aromatic heterocycles. The van der Waals surface area contributed by atoms with Crippen LogP contribution in [0, 0.1) is 0 Å². The highest BCUT2D eigenvalue weighted by atomic mass is 32.1. The molecule has 0 unspecified atom stereocenters. The number of aryl methyl sites for hydroxylation is 1. The highest BCUT2D eigenvalue weighted by Gasteiger charge is 2.35. The molecule has 3 aromatic rings. The molecular weight excluding hydrogens is 439 g/mol. The summed E-state index contributed by atoms with van der Waals surface area (Å²) >= 11 is 1.05. The summed E-state index contributed by atoms with van der Waals surface area (Å²) in [4.78, 5) is 0. The predicted molar refractivity (Wildman–Crippen MR) is 118 cm³/mol. The standard InChI is InChI=1S/C23H26F3N3O2S/c1-22(27,15-30)21-29-28-20(32-21)17-11-12-19(18(14-17)23(24,25)26)31-13-7-3-6-10-16-8-4-2-5-9-16/h2,4-5,8-9,11-12,14,30H,3,6-7,10,13,15,27H2,1H3/t22-/m1/s1. The second kappa shape index (κ2) is 10.4. The molecule has 0 fully saturated rings. The zero-order valence-corrected chi connectivity index (χ0v) is 18.5. The van der Waals surface area contributed by atoms with Crippen molar-refractivity contribution < 1.29 is 23.0 Å². The van der Waals surface area contributed by atoms with Gasteiger partial charge in [0.1, 0.15) is 15.8 Å². The average molecular weight is 466 g/mol. The molecule has 9 heteroatoms. The molecule has 1 atom stereocenters. The van der Waals surface area contributed by atoms with Crippen LogP contribution in [0.3, 0.4) is 0 Å². The molecule has 0 amide bonds. The summed E-state index contributed by atoms with van der Waals surface area (Å²) in [5, 5.41) is 17.9. The highest BCUT2D eigenvalue weighted by Crippen LogP contribution is 2.39. The van der Waals surface area contributed by atoms with Crippen LogP contribution < -0.4 is 10.5 Å². The molecule has 32 heavy (non-hydrogen) atoms. The van der Waals surface area contributed by atoms with Crippen molar-refractivity contribution in [2.45, 2.75) is 44.3 Å². The van der Waals surface area contributed by atoms with Gasteiger partial charge in [-0.15, -0.1) is 10.2 Å². The lowest BCUT2D eigenvalue weighted by Crippen LogP contribution is -2.36. The molecule has 0 radical (unpaired) electrons. The number of nitrogens with two attached hydrogens (primary N) is 1. The number of halogens is 3. The molecular formula is C23H26F3N3O2S. The molecule has 0 aliphatic carbocycles. The van der Waals surface area contributed by atoms with Crippen molar-refractivity contribution >= 4 is 11.3 Å². The fourth-order valence-corrected chi connectivity index (χ4v) is 3.97. The van der Waals surface area contributed by atoms with Crippen LogP contribution in [0.5, 0.6) is 5.75 Å². The number of alkyl halides is 3. The fraction of sp³-hybridized carbons (Fsp3) is 0.391. The van der Waals surface area contributed by atoms with E-state index >= 15 is 0 Å². The monoisotopic (exact) mass is 465 g/mol. The Morgan fingerprint density at radius 1 is 1.03 bits per heavy atom. The fourth-order valence-electron chi connectivity index (χ4n) is 3.08. The molecule has 172 valence electrons. The quantitative estimate of drug-likeness (QED) is 0.403. The molecule has 0 saturated heterocycles. The van der Waals surface area contributed by atoms with Gasteiger partial charge in [0, 0.05) is 5.56 Å². The summed E-state index contributed by atoms with van der Waals surface area (Å²) in [6.07, 6.45) is -1.15. The van der Waals surface area contributed by atoms with E-state index in [4.69, 9.17) is 10.5 Å². The van der Waals surface area contributed by atoms with Gasteiger partial charge in [0.2, 0.25) is 0 Å². The van der Waals surface area contributed by atoms with Gasteiger partial charge in [0.05, 0.1) is 24.3 Å². The minimum atomic E-state index is -4.57. The van der Waals surface area contributed by atoms with Gasteiger partial charge < -0.3 is 15.6 Å². The van der Waals surface area contributed by atoms with Gasteiger partial charge in [-0.1, -0.05) is 41.7 Å². The van der Waals surface area contributed by atoms with Crippen LogP contribution in [-0.4, -0.2) is 28.5 Å². The third-order valence-electron chi connectivity index (χ3n) is 4.98. The summed E-state index contributed by atoms with van der Waals surface area (Å²) in [6, 6.07) is 13.9. The summed E-state index contributed by atoms with van der Waals surface area (Å²) < 4.78 is 46.4. The van der Waals surface area contributed by atoms with E-state index in [0.29, 0.717) is 16.4 Å². The summed E-state index contributed by atoms with van der Waals surface area (Å²) in [5.41, 5.74) is 5.49. The second-order valence-electron chi connectivity index (χ2n) is 7.84. The summed E-state index contributed by atoms with van der Waals surface area (Å²) in [6.45, 7) is 1.44. The Kier molecular flexibility index (Phi) is 7.86. The van der Waals surface area contributed by atoms with Crippen LogP contribution in [0.25, 0.3) is 10.6 Å². The predicted octanol–water partition coefficient (Wildman–Crippen LogP) is 5.18. The number of aliphatic hydroxyl groups excluding tert-OH is 1. The lowest BCUT2D eigenvalue weighted by molar-refractivity contribution is -0.138. The Morgan fingerprint density at radius 3 is 2.47 bits per heavy atom. The van der Waals surface area contributed by atoms with E-state index in [2.05, 4.69) is 22.3 Å². The van der Waals surface area contributed by atoms with Crippen molar-refractivity contribution in [1.29, 1.82) is 0 Å². The van der Waals surface area contributed by atoms with Crippen LogP contribution in [0.1, 0.15) is 42.3 Å². The van der Waals surface area contributed by atoms with E-state index in [1.54, 1.807) is 6.92 Å².